The first kappa shape index (κ1) is 63.8. The van der Waals surface area contributed by atoms with Crippen molar-refractivity contribution in [3.05, 3.63) is 72.9 Å². The number of carbonyl (C=O) groups excluding carboxylic acids is 3. The normalized spacial score (nSPS) is 12.6. The van der Waals surface area contributed by atoms with Gasteiger partial charge in [0.05, 0.1) is 0 Å². The van der Waals surface area contributed by atoms with E-state index in [1.54, 1.807) is 0 Å². The topological polar surface area (TPSA) is 78.9 Å². The van der Waals surface area contributed by atoms with Gasteiger partial charge in [-0.3, -0.25) is 14.4 Å². The number of unbranched alkanes of at least 4 members (excludes halogenated alkanes) is 32. The number of rotatable bonds is 51. The van der Waals surface area contributed by atoms with Crippen LogP contribution in [0.2, 0.25) is 0 Å². The molecule has 0 aromatic heterocycles. The van der Waals surface area contributed by atoms with Crippen molar-refractivity contribution in [2.24, 2.45) is 0 Å². The molecule has 0 amide bonds. The predicted molar refractivity (Wildman–Crippen MR) is 288 cm³/mol. The van der Waals surface area contributed by atoms with Crippen LogP contribution in [0.4, 0.5) is 0 Å². The standard InChI is InChI=1S/C61H106O6/c1-4-7-10-13-16-19-22-25-27-29-31-33-34-36-39-42-45-48-51-54-60(63)66-57-58(56-65-59(62)53-50-47-44-41-38-24-21-18-15-12-9-6-3)67-61(64)55-52-49-46-43-40-37-35-32-30-28-26-23-20-17-14-11-8-5-2/h11,14,17,20,23,26,28-32,35,58H,4-10,12-13,15-16,18-19,21-22,24-25,27,33-34,36-57H2,1-3H3/b14-11-,20-17-,26-23-,30-28-,31-29-,35-32-. The van der Waals surface area contributed by atoms with Crippen LogP contribution in [0.15, 0.2) is 72.9 Å². The summed E-state index contributed by atoms with van der Waals surface area (Å²) in [5.41, 5.74) is 0. The number of ether oxygens (including phenoxy) is 3. The number of esters is 3. The molecule has 67 heavy (non-hydrogen) atoms. The van der Waals surface area contributed by atoms with Gasteiger partial charge in [-0.05, 0) is 64.2 Å². The van der Waals surface area contributed by atoms with Crippen molar-refractivity contribution in [3.63, 3.8) is 0 Å². The van der Waals surface area contributed by atoms with Crippen molar-refractivity contribution in [1.82, 2.24) is 0 Å². The zero-order valence-electron chi connectivity index (χ0n) is 44.2. The summed E-state index contributed by atoms with van der Waals surface area (Å²) in [6.45, 7) is 6.54. The highest BCUT2D eigenvalue weighted by Gasteiger charge is 2.19. The van der Waals surface area contributed by atoms with Gasteiger partial charge in [0, 0.05) is 19.3 Å². The number of carbonyl (C=O) groups is 3. The SMILES string of the molecule is CCC\C=C/C=C\C=C/C=C\C=C/CCCCCCCC(=O)OC(COC(=O)CCCCCCCCC/C=C\CCCCCCCCCC)COC(=O)CCCCCCCCCCCCCC. The van der Waals surface area contributed by atoms with Crippen LogP contribution in [0, 0.1) is 0 Å². The van der Waals surface area contributed by atoms with Crippen LogP contribution in [0.5, 0.6) is 0 Å². The molecular formula is C61H106O6. The summed E-state index contributed by atoms with van der Waals surface area (Å²) in [6, 6.07) is 0. The van der Waals surface area contributed by atoms with Crippen molar-refractivity contribution in [2.75, 3.05) is 13.2 Å². The minimum Gasteiger partial charge on any atom is -0.462 e. The maximum atomic E-state index is 12.8. The first-order chi connectivity index (χ1) is 33.0. The van der Waals surface area contributed by atoms with Crippen LogP contribution in [0.3, 0.4) is 0 Å². The molecule has 0 aromatic rings. The molecule has 6 heteroatoms. The van der Waals surface area contributed by atoms with Crippen LogP contribution in [-0.2, 0) is 28.6 Å². The highest BCUT2D eigenvalue weighted by atomic mass is 16.6. The number of allylic oxidation sites excluding steroid dienone is 12. The van der Waals surface area contributed by atoms with Gasteiger partial charge in [-0.15, -0.1) is 0 Å². The first-order valence-corrected chi connectivity index (χ1v) is 28.5. The lowest BCUT2D eigenvalue weighted by atomic mass is 10.0. The smallest absolute Gasteiger partial charge is 0.306 e. The maximum Gasteiger partial charge on any atom is 0.306 e. The Morgan fingerprint density at radius 2 is 0.582 bits per heavy atom. The van der Waals surface area contributed by atoms with E-state index in [9.17, 15) is 14.4 Å². The molecule has 0 radical (unpaired) electrons. The number of hydrogen-bond donors (Lipinski definition) is 0. The molecule has 0 spiro atoms. The number of hydrogen-bond acceptors (Lipinski definition) is 6. The molecule has 0 aliphatic rings. The molecule has 0 bridgehead atoms. The summed E-state index contributed by atoms with van der Waals surface area (Å²) in [4.78, 5) is 38.1. The second-order valence-electron chi connectivity index (χ2n) is 19.0. The fraction of sp³-hybridized carbons (Fsp3) is 0.754. The van der Waals surface area contributed by atoms with Gasteiger partial charge in [0.15, 0.2) is 6.10 Å². The molecule has 1 atom stereocenters. The van der Waals surface area contributed by atoms with Gasteiger partial charge in [0.2, 0.25) is 0 Å². The van der Waals surface area contributed by atoms with Crippen molar-refractivity contribution in [1.29, 1.82) is 0 Å². The quantitative estimate of drug-likeness (QED) is 0.0199. The van der Waals surface area contributed by atoms with Crippen LogP contribution in [-0.4, -0.2) is 37.2 Å². The first-order valence-electron chi connectivity index (χ1n) is 28.5. The highest BCUT2D eigenvalue weighted by Crippen LogP contribution is 2.15. The third kappa shape index (κ3) is 53.7. The second kappa shape index (κ2) is 55.4. The highest BCUT2D eigenvalue weighted by molar-refractivity contribution is 5.71. The second-order valence-corrected chi connectivity index (χ2v) is 19.0. The average Bonchev–Trinajstić information content (AvgIpc) is 3.33. The van der Waals surface area contributed by atoms with Crippen molar-refractivity contribution < 1.29 is 28.6 Å². The van der Waals surface area contributed by atoms with Gasteiger partial charge in [-0.25, -0.2) is 0 Å². The van der Waals surface area contributed by atoms with E-state index in [2.05, 4.69) is 69.4 Å². The Bertz CT molecular complexity index is 1260. The fourth-order valence-corrected chi connectivity index (χ4v) is 8.00. The summed E-state index contributed by atoms with van der Waals surface area (Å²) in [5, 5.41) is 0. The molecule has 0 fully saturated rings. The monoisotopic (exact) mass is 935 g/mol. The van der Waals surface area contributed by atoms with Gasteiger partial charge >= 0.3 is 17.9 Å². The molecule has 6 nitrogen and oxygen atoms in total. The minimum atomic E-state index is -0.789. The molecule has 0 rings (SSSR count). The Morgan fingerprint density at radius 1 is 0.299 bits per heavy atom. The van der Waals surface area contributed by atoms with Gasteiger partial charge in [0.1, 0.15) is 13.2 Å². The summed E-state index contributed by atoms with van der Waals surface area (Å²) in [7, 11) is 0. The van der Waals surface area contributed by atoms with Crippen LogP contribution in [0.25, 0.3) is 0 Å². The lowest BCUT2D eigenvalue weighted by Crippen LogP contribution is -2.30. The molecule has 1 unspecified atom stereocenters. The summed E-state index contributed by atoms with van der Waals surface area (Å²) in [5.74, 6) is -0.907. The van der Waals surface area contributed by atoms with Gasteiger partial charge in [-0.2, -0.15) is 0 Å². The van der Waals surface area contributed by atoms with E-state index in [1.807, 2.05) is 24.3 Å². The van der Waals surface area contributed by atoms with E-state index in [0.29, 0.717) is 19.3 Å². The molecule has 386 valence electrons. The molecule has 0 aliphatic carbocycles. The lowest BCUT2D eigenvalue weighted by molar-refractivity contribution is -0.167. The average molecular weight is 936 g/mol. The van der Waals surface area contributed by atoms with Crippen LogP contribution < -0.4 is 0 Å². The molecule has 0 saturated heterocycles. The van der Waals surface area contributed by atoms with E-state index in [-0.39, 0.29) is 31.1 Å². The minimum absolute atomic E-state index is 0.0854. The summed E-state index contributed by atoms with van der Waals surface area (Å²) >= 11 is 0. The Labute approximate surface area is 414 Å². The van der Waals surface area contributed by atoms with Crippen LogP contribution >= 0.6 is 0 Å². The Hall–Kier alpha value is -3.15. The van der Waals surface area contributed by atoms with Gasteiger partial charge < -0.3 is 14.2 Å². The zero-order chi connectivity index (χ0) is 48.6. The molecule has 0 aromatic carbocycles. The Balaban J connectivity index is 4.40. The summed E-state index contributed by atoms with van der Waals surface area (Å²) < 4.78 is 16.8. The maximum absolute atomic E-state index is 12.8. The van der Waals surface area contributed by atoms with Crippen molar-refractivity contribution in [2.45, 2.75) is 284 Å². The molecule has 0 aliphatic heterocycles. The van der Waals surface area contributed by atoms with E-state index >= 15 is 0 Å². The van der Waals surface area contributed by atoms with E-state index in [4.69, 9.17) is 14.2 Å². The largest absolute Gasteiger partial charge is 0.462 e. The Morgan fingerprint density at radius 3 is 0.940 bits per heavy atom. The molecular weight excluding hydrogens is 829 g/mol. The zero-order valence-corrected chi connectivity index (χ0v) is 44.2. The fourth-order valence-electron chi connectivity index (χ4n) is 8.00. The third-order valence-electron chi connectivity index (χ3n) is 12.3. The molecule has 0 heterocycles. The van der Waals surface area contributed by atoms with E-state index in [0.717, 1.165) is 83.5 Å². The van der Waals surface area contributed by atoms with Crippen LogP contribution in [0.1, 0.15) is 278 Å². The van der Waals surface area contributed by atoms with E-state index in [1.165, 1.54) is 154 Å². The Kier molecular flexibility index (Phi) is 52.8. The van der Waals surface area contributed by atoms with Crippen molar-refractivity contribution in [3.8, 4) is 0 Å². The third-order valence-corrected chi connectivity index (χ3v) is 12.3. The van der Waals surface area contributed by atoms with Gasteiger partial charge in [-0.1, -0.05) is 267 Å². The summed E-state index contributed by atoms with van der Waals surface area (Å²) in [6.07, 6.45) is 70.2. The molecule has 0 saturated carbocycles. The predicted octanol–water partition coefficient (Wildman–Crippen LogP) is 19.0. The molecule has 0 N–H and O–H groups in total. The lowest BCUT2D eigenvalue weighted by Gasteiger charge is -2.18. The van der Waals surface area contributed by atoms with Crippen molar-refractivity contribution >= 4 is 17.9 Å². The van der Waals surface area contributed by atoms with E-state index < -0.39 is 6.10 Å². The van der Waals surface area contributed by atoms with Gasteiger partial charge in [0.25, 0.3) is 0 Å².